The number of hydrogen-bond donors (Lipinski definition) is 3. The summed E-state index contributed by atoms with van der Waals surface area (Å²) in [6.45, 7) is 0.310. The van der Waals surface area contributed by atoms with Gasteiger partial charge in [0.1, 0.15) is 11.4 Å². The highest BCUT2D eigenvalue weighted by Gasteiger charge is 2.34. The summed E-state index contributed by atoms with van der Waals surface area (Å²) in [7, 11) is 0. The van der Waals surface area contributed by atoms with E-state index in [0.29, 0.717) is 45.5 Å². The van der Waals surface area contributed by atoms with Crippen molar-refractivity contribution in [2.75, 3.05) is 6.61 Å². The number of aliphatic carboxylic acids is 1. The van der Waals surface area contributed by atoms with Gasteiger partial charge in [-0.2, -0.15) is 0 Å². The summed E-state index contributed by atoms with van der Waals surface area (Å²) in [6, 6.07) is 22.9. The summed E-state index contributed by atoms with van der Waals surface area (Å²) in [5.41, 5.74) is 0.579. The quantitative estimate of drug-likeness (QED) is 0.158. The third kappa shape index (κ3) is 9.47. The number of rotatable bonds is 10. The van der Waals surface area contributed by atoms with E-state index >= 15 is 0 Å². The van der Waals surface area contributed by atoms with E-state index in [1.165, 1.54) is 64.2 Å². The summed E-state index contributed by atoms with van der Waals surface area (Å²) < 4.78 is 5.59. The number of nitrogens with one attached hydrogen (secondary N) is 1. The predicted molar refractivity (Wildman–Crippen MR) is 171 cm³/mol. The lowest BCUT2D eigenvalue weighted by molar-refractivity contribution is -0.137. The van der Waals surface area contributed by atoms with Gasteiger partial charge < -0.3 is 20.3 Å². The second kappa shape index (κ2) is 16.3. The van der Waals surface area contributed by atoms with Gasteiger partial charge in [-0.05, 0) is 85.2 Å². The first kappa shape index (κ1) is 32.3. The highest BCUT2D eigenvalue weighted by molar-refractivity contribution is 6.30. The molecule has 0 unspecified atom stereocenters. The highest BCUT2D eigenvalue weighted by atomic mass is 35.5. The second-order valence-electron chi connectivity index (χ2n) is 11.4. The number of benzene rings is 3. The Morgan fingerprint density at radius 3 is 1.52 bits per heavy atom. The van der Waals surface area contributed by atoms with Crippen LogP contribution in [-0.4, -0.2) is 34.9 Å². The van der Waals surface area contributed by atoms with Crippen LogP contribution in [0.2, 0.25) is 10.0 Å². The number of carbonyl (C=O) groups is 1. The molecule has 0 aliphatic heterocycles. The van der Waals surface area contributed by atoms with Gasteiger partial charge in [0.15, 0.2) is 0 Å². The van der Waals surface area contributed by atoms with Crippen LogP contribution in [0.3, 0.4) is 0 Å². The summed E-state index contributed by atoms with van der Waals surface area (Å²) in [5, 5.41) is 25.5. The zero-order valence-corrected chi connectivity index (χ0v) is 25.8. The van der Waals surface area contributed by atoms with E-state index in [-0.39, 0.29) is 6.42 Å². The van der Waals surface area contributed by atoms with Crippen LogP contribution in [0, 0.1) is 0 Å². The molecule has 0 radical (unpaired) electrons. The molecular formula is C35H43Cl2NO4. The number of hydrogen-bond acceptors (Lipinski definition) is 4. The molecule has 3 aromatic carbocycles. The lowest BCUT2D eigenvalue weighted by atomic mass is 9.80. The first-order valence-electron chi connectivity index (χ1n) is 15.3. The molecule has 0 spiro atoms. The Morgan fingerprint density at radius 2 is 1.12 bits per heavy atom. The third-order valence-corrected chi connectivity index (χ3v) is 8.79. The molecule has 3 N–H and O–H groups in total. The van der Waals surface area contributed by atoms with E-state index in [1.54, 1.807) is 72.8 Å². The topological polar surface area (TPSA) is 78.8 Å². The first-order valence-corrected chi connectivity index (χ1v) is 16.1. The van der Waals surface area contributed by atoms with Crippen LogP contribution < -0.4 is 10.1 Å². The minimum Gasteiger partial charge on any atom is -0.494 e. The molecule has 2 aliphatic carbocycles. The number of carboxylic acid groups (broad SMARTS) is 1. The molecule has 7 heteroatoms. The maximum absolute atomic E-state index is 11.8. The van der Waals surface area contributed by atoms with Crippen LogP contribution in [0.4, 0.5) is 0 Å². The Morgan fingerprint density at radius 1 is 0.714 bits per heavy atom. The largest absolute Gasteiger partial charge is 0.494 e. The van der Waals surface area contributed by atoms with Crippen molar-refractivity contribution in [3.63, 3.8) is 0 Å². The van der Waals surface area contributed by atoms with Crippen LogP contribution in [-0.2, 0) is 10.4 Å². The van der Waals surface area contributed by atoms with Gasteiger partial charge in [-0.15, -0.1) is 0 Å². The van der Waals surface area contributed by atoms with Crippen molar-refractivity contribution in [3.8, 4) is 5.75 Å². The summed E-state index contributed by atoms with van der Waals surface area (Å²) in [6.07, 6.45) is 15.1. The molecule has 2 fully saturated rings. The van der Waals surface area contributed by atoms with Gasteiger partial charge in [0.2, 0.25) is 0 Å². The van der Waals surface area contributed by atoms with E-state index in [1.807, 2.05) is 0 Å². The van der Waals surface area contributed by atoms with Gasteiger partial charge in [-0.25, -0.2) is 0 Å². The number of halogens is 2. The molecule has 3 aromatic rings. The standard InChI is InChI=1S/C23H20Cl2O4.C12H23N/c24-19-9-3-16(4-10-19)23(28,17-5-11-20(25)12-6-17)18-7-13-21(14-8-18)29-15-1-2-22(26)27;1-3-7-11(8-4-1)13-12-9-5-2-6-10-12/h3-14,28H,1-2,15H2,(H,26,27);11-13H,1-10H2. The maximum atomic E-state index is 11.8. The Bertz CT molecular complexity index is 1160. The molecule has 2 saturated carbocycles. The minimum atomic E-state index is -1.41. The van der Waals surface area contributed by atoms with Crippen molar-refractivity contribution in [2.24, 2.45) is 0 Å². The van der Waals surface area contributed by atoms with Crippen molar-refractivity contribution < 1.29 is 19.7 Å². The average molecular weight is 613 g/mol. The van der Waals surface area contributed by atoms with Gasteiger partial charge in [0, 0.05) is 28.5 Å². The zero-order valence-electron chi connectivity index (χ0n) is 24.2. The van der Waals surface area contributed by atoms with Crippen molar-refractivity contribution in [1.29, 1.82) is 0 Å². The van der Waals surface area contributed by atoms with Crippen LogP contribution in [0.25, 0.3) is 0 Å². The average Bonchev–Trinajstić information content (AvgIpc) is 3.01. The molecule has 2 aliphatic rings. The van der Waals surface area contributed by atoms with Gasteiger partial charge >= 0.3 is 5.97 Å². The fraction of sp³-hybridized carbons (Fsp3) is 0.457. The van der Waals surface area contributed by atoms with Crippen molar-refractivity contribution in [1.82, 2.24) is 5.32 Å². The lowest BCUT2D eigenvalue weighted by Gasteiger charge is -2.30. The molecule has 5 rings (SSSR count). The van der Waals surface area contributed by atoms with E-state index in [2.05, 4.69) is 5.32 Å². The Kier molecular flexibility index (Phi) is 12.6. The molecule has 0 heterocycles. The normalized spacial score (nSPS) is 16.4. The molecule has 0 aromatic heterocycles. The lowest BCUT2D eigenvalue weighted by Crippen LogP contribution is -2.40. The van der Waals surface area contributed by atoms with Crippen molar-refractivity contribution in [2.45, 2.75) is 94.7 Å². The van der Waals surface area contributed by atoms with Gasteiger partial charge in [0.05, 0.1) is 6.61 Å². The molecular weight excluding hydrogens is 569 g/mol. The minimum absolute atomic E-state index is 0.0605. The fourth-order valence-electron chi connectivity index (χ4n) is 5.96. The molecule has 0 saturated heterocycles. The SMILES string of the molecule is C1CCC(NC2CCCCC2)CC1.O=C(O)CCCOc1ccc(C(O)(c2ccc(Cl)cc2)c2ccc(Cl)cc2)cc1. The van der Waals surface area contributed by atoms with Crippen LogP contribution >= 0.6 is 23.2 Å². The van der Waals surface area contributed by atoms with E-state index in [0.717, 1.165) is 12.1 Å². The molecule has 0 bridgehead atoms. The molecule has 5 nitrogen and oxygen atoms in total. The van der Waals surface area contributed by atoms with Crippen LogP contribution in [0.1, 0.15) is 93.7 Å². The predicted octanol–water partition coefficient (Wildman–Crippen LogP) is 8.76. The number of ether oxygens (including phenoxy) is 1. The fourth-order valence-corrected chi connectivity index (χ4v) is 6.21. The summed E-state index contributed by atoms with van der Waals surface area (Å²) in [4.78, 5) is 10.6. The molecule has 226 valence electrons. The van der Waals surface area contributed by atoms with E-state index in [9.17, 15) is 9.90 Å². The van der Waals surface area contributed by atoms with E-state index < -0.39 is 11.6 Å². The van der Waals surface area contributed by atoms with Crippen LogP contribution in [0.15, 0.2) is 72.8 Å². The molecule has 0 atom stereocenters. The Hall–Kier alpha value is -2.57. The van der Waals surface area contributed by atoms with Crippen molar-refractivity contribution in [3.05, 3.63) is 99.5 Å². The number of aliphatic hydroxyl groups is 1. The molecule has 42 heavy (non-hydrogen) atoms. The maximum Gasteiger partial charge on any atom is 0.303 e. The van der Waals surface area contributed by atoms with Gasteiger partial charge in [-0.1, -0.05) is 98.1 Å². The smallest absolute Gasteiger partial charge is 0.303 e. The first-order chi connectivity index (χ1) is 20.3. The second-order valence-corrected chi connectivity index (χ2v) is 12.3. The molecule has 0 amide bonds. The van der Waals surface area contributed by atoms with Gasteiger partial charge in [0.25, 0.3) is 0 Å². The summed E-state index contributed by atoms with van der Waals surface area (Å²) in [5.74, 6) is -0.242. The highest BCUT2D eigenvalue weighted by Crippen LogP contribution is 2.38. The zero-order chi connectivity index (χ0) is 29.8. The summed E-state index contributed by atoms with van der Waals surface area (Å²) >= 11 is 12.0. The monoisotopic (exact) mass is 611 g/mol. The Labute approximate surface area is 260 Å². The van der Waals surface area contributed by atoms with Crippen LogP contribution in [0.5, 0.6) is 5.75 Å². The third-order valence-electron chi connectivity index (χ3n) is 8.28. The van der Waals surface area contributed by atoms with Crippen molar-refractivity contribution >= 4 is 29.2 Å². The number of carboxylic acids is 1. The Balaban J connectivity index is 0.000000258. The van der Waals surface area contributed by atoms with Gasteiger partial charge in [-0.3, -0.25) is 4.79 Å². The van der Waals surface area contributed by atoms with E-state index in [4.69, 9.17) is 33.0 Å².